The molecule has 45 heavy (non-hydrogen) atoms. The lowest BCUT2D eigenvalue weighted by Crippen LogP contribution is -2.69. The van der Waals surface area contributed by atoms with Gasteiger partial charge in [-0.2, -0.15) is 0 Å². The van der Waals surface area contributed by atoms with Crippen molar-refractivity contribution in [1.29, 1.82) is 0 Å². The largest absolute Gasteiger partial charge is 0.455 e. The third-order valence-corrected chi connectivity index (χ3v) is 9.62. The van der Waals surface area contributed by atoms with Gasteiger partial charge in [-0.05, 0) is 54.6 Å². The van der Waals surface area contributed by atoms with Gasteiger partial charge in [-0.3, -0.25) is 19.6 Å². The van der Waals surface area contributed by atoms with Gasteiger partial charge in [-0.15, -0.1) is 0 Å². The summed E-state index contributed by atoms with van der Waals surface area (Å²) in [4.78, 5) is 42.7. The van der Waals surface area contributed by atoms with E-state index in [1.165, 1.54) is 32.1 Å². The molecule has 1 spiro atoms. The Balaban J connectivity index is 2.18. The Morgan fingerprint density at radius 2 is 1.82 bits per heavy atom. The SMILES string of the molecule is C=CC(=C)[C@@H](C[C@]1(C)[C@H](C)[C@@H](O)C(OC(=O)/C=C\C=C\CCCCC)[C@@]23C(=C[C@@H](O)C[C@H]12)[C@H](OC(C)=O)O[C@@H]3OC(C)=O)OO. The first-order valence-corrected chi connectivity index (χ1v) is 15.5. The van der Waals surface area contributed by atoms with Crippen LogP contribution >= 0.6 is 0 Å². The zero-order valence-electron chi connectivity index (χ0n) is 26.8. The van der Waals surface area contributed by atoms with Gasteiger partial charge in [0.15, 0.2) is 0 Å². The number of aliphatic hydroxyl groups is 2. The van der Waals surface area contributed by atoms with Crippen LogP contribution in [-0.2, 0) is 38.2 Å². The van der Waals surface area contributed by atoms with Crippen LogP contribution in [0.25, 0.3) is 0 Å². The number of carbonyl (C=O) groups is 3. The molecule has 0 aromatic rings. The summed E-state index contributed by atoms with van der Waals surface area (Å²) in [7, 11) is 0. The Morgan fingerprint density at radius 3 is 2.42 bits per heavy atom. The molecule has 1 aliphatic heterocycles. The van der Waals surface area contributed by atoms with Crippen molar-refractivity contribution < 1.29 is 53.7 Å². The number of carbonyl (C=O) groups excluding carboxylic acids is 3. The molecule has 2 aliphatic carbocycles. The van der Waals surface area contributed by atoms with Crippen molar-refractivity contribution in [3.05, 3.63) is 60.8 Å². The van der Waals surface area contributed by atoms with Crippen molar-refractivity contribution in [3.63, 3.8) is 0 Å². The Bertz CT molecular complexity index is 1200. The molecule has 3 rings (SSSR count). The smallest absolute Gasteiger partial charge is 0.331 e. The number of unbranched alkanes of at least 4 members (excludes halogenated alkanes) is 3. The first kappa shape index (κ1) is 36.4. The van der Waals surface area contributed by atoms with Crippen LogP contribution in [0.3, 0.4) is 0 Å². The predicted molar refractivity (Wildman–Crippen MR) is 164 cm³/mol. The molecule has 10 atom stereocenters. The lowest BCUT2D eigenvalue weighted by molar-refractivity contribution is -0.298. The fraction of sp³-hybridized carbons (Fsp3) is 0.618. The second-order valence-corrected chi connectivity index (χ2v) is 12.4. The summed E-state index contributed by atoms with van der Waals surface area (Å²) < 4.78 is 23.3. The second-order valence-electron chi connectivity index (χ2n) is 12.4. The third-order valence-electron chi connectivity index (χ3n) is 9.62. The van der Waals surface area contributed by atoms with Crippen molar-refractivity contribution in [2.75, 3.05) is 0 Å². The van der Waals surface area contributed by atoms with Gasteiger partial charge >= 0.3 is 17.9 Å². The summed E-state index contributed by atoms with van der Waals surface area (Å²) in [6.45, 7) is 15.7. The quantitative estimate of drug-likeness (QED) is 0.0356. The predicted octanol–water partition coefficient (Wildman–Crippen LogP) is 4.70. The van der Waals surface area contributed by atoms with Crippen LogP contribution in [0.2, 0.25) is 0 Å². The molecule has 11 nitrogen and oxygen atoms in total. The van der Waals surface area contributed by atoms with Gasteiger partial charge in [-0.25, -0.2) is 9.68 Å². The third kappa shape index (κ3) is 7.49. The summed E-state index contributed by atoms with van der Waals surface area (Å²) in [5.74, 6) is -3.57. The van der Waals surface area contributed by atoms with Crippen LogP contribution in [0.4, 0.5) is 0 Å². The minimum absolute atomic E-state index is 0.0636. The maximum absolute atomic E-state index is 13.3. The highest BCUT2D eigenvalue weighted by molar-refractivity contribution is 5.82. The second kappa shape index (κ2) is 15.5. The fourth-order valence-electron chi connectivity index (χ4n) is 7.27. The van der Waals surface area contributed by atoms with E-state index in [4.69, 9.17) is 23.8 Å². The van der Waals surface area contributed by atoms with E-state index in [-0.39, 0.29) is 18.4 Å². The van der Waals surface area contributed by atoms with Gasteiger partial charge in [0.1, 0.15) is 17.6 Å². The van der Waals surface area contributed by atoms with Crippen molar-refractivity contribution in [1.82, 2.24) is 0 Å². The molecule has 0 aromatic carbocycles. The standard InChI is InChI=1S/C34H48O11/c1-8-10-11-12-13-14-15-16-28(38)43-30-29(39)21(4)33(7,19-26(45-40)20(3)9-2)27-18-24(37)17-25-31(41-22(5)35)44-32(34(25,27)30)42-23(6)36/h9,13-17,21,24,26-27,29-32,37,39-40H,2-3,8,10-12,18-19H2,1,4-7H3/b14-13+,16-15-/t21-,24-,26-,27-,29-,30?,31-,32+,33-,34-/m1/s1. The topological polar surface area (TPSA) is 158 Å². The summed E-state index contributed by atoms with van der Waals surface area (Å²) in [6.07, 6.45) is 5.94. The number of esters is 3. The normalized spacial score (nSPS) is 34.8. The minimum atomic E-state index is -1.61. The number of allylic oxidation sites excluding steroid dienone is 3. The first-order chi connectivity index (χ1) is 21.3. The highest BCUT2D eigenvalue weighted by Crippen LogP contribution is 2.68. The molecule has 3 N–H and O–H groups in total. The average molecular weight is 633 g/mol. The van der Waals surface area contributed by atoms with Gasteiger partial charge < -0.3 is 24.4 Å². The van der Waals surface area contributed by atoms with E-state index in [0.29, 0.717) is 5.57 Å². The molecule has 2 fully saturated rings. The fourth-order valence-corrected chi connectivity index (χ4v) is 7.27. The van der Waals surface area contributed by atoms with E-state index in [9.17, 15) is 29.9 Å². The molecule has 1 heterocycles. The Kier molecular flexibility index (Phi) is 12.5. The Morgan fingerprint density at radius 1 is 1.13 bits per heavy atom. The molecule has 1 saturated heterocycles. The van der Waals surface area contributed by atoms with Crippen molar-refractivity contribution >= 4 is 17.9 Å². The zero-order valence-corrected chi connectivity index (χ0v) is 26.8. The van der Waals surface area contributed by atoms with E-state index in [2.05, 4.69) is 20.1 Å². The number of aliphatic hydroxyl groups excluding tert-OH is 2. The number of ether oxygens (including phenoxy) is 4. The number of hydrogen-bond donors (Lipinski definition) is 3. The van der Waals surface area contributed by atoms with E-state index >= 15 is 0 Å². The molecule has 1 unspecified atom stereocenters. The number of rotatable bonds is 14. The molecule has 0 radical (unpaired) electrons. The van der Waals surface area contributed by atoms with Crippen molar-refractivity contribution in [3.8, 4) is 0 Å². The van der Waals surface area contributed by atoms with Gasteiger partial charge in [0.2, 0.25) is 12.6 Å². The number of hydrogen-bond acceptors (Lipinski definition) is 11. The average Bonchev–Trinajstić information content (AvgIpc) is 3.27. The minimum Gasteiger partial charge on any atom is -0.455 e. The maximum Gasteiger partial charge on any atom is 0.331 e. The van der Waals surface area contributed by atoms with Crippen LogP contribution in [0, 0.1) is 22.7 Å². The molecule has 3 aliphatic rings. The maximum atomic E-state index is 13.3. The molecule has 0 aromatic heterocycles. The summed E-state index contributed by atoms with van der Waals surface area (Å²) in [6, 6.07) is 0. The summed E-state index contributed by atoms with van der Waals surface area (Å²) >= 11 is 0. The zero-order chi connectivity index (χ0) is 33.5. The molecule has 0 bridgehead atoms. The van der Waals surface area contributed by atoms with E-state index in [1.54, 1.807) is 19.1 Å². The van der Waals surface area contributed by atoms with E-state index in [1.807, 2.05) is 13.0 Å². The molecular formula is C34H48O11. The van der Waals surface area contributed by atoms with Crippen LogP contribution in [0.1, 0.15) is 73.1 Å². The van der Waals surface area contributed by atoms with Crippen LogP contribution < -0.4 is 0 Å². The van der Waals surface area contributed by atoms with Crippen molar-refractivity contribution in [2.45, 2.75) is 110 Å². The van der Waals surface area contributed by atoms with Gasteiger partial charge in [-0.1, -0.05) is 71.1 Å². The molecule has 0 amide bonds. The highest BCUT2D eigenvalue weighted by atomic mass is 17.1. The van der Waals surface area contributed by atoms with Gasteiger partial charge in [0.25, 0.3) is 0 Å². The van der Waals surface area contributed by atoms with Gasteiger partial charge in [0, 0.05) is 25.5 Å². The molecule has 11 heteroatoms. The summed E-state index contributed by atoms with van der Waals surface area (Å²) in [5.41, 5.74) is -2.04. The first-order valence-electron chi connectivity index (χ1n) is 15.5. The lowest BCUT2D eigenvalue weighted by atomic mass is 9.44. The lowest BCUT2D eigenvalue weighted by Gasteiger charge is -2.62. The van der Waals surface area contributed by atoms with Crippen LogP contribution in [0.15, 0.2) is 60.8 Å². The molecule has 1 saturated carbocycles. The Labute approximate surface area is 265 Å². The van der Waals surface area contributed by atoms with E-state index in [0.717, 1.165) is 25.7 Å². The van der Waals surface area contributed by atoms with Crippen LogP contribution in [0.5, 0.6) is 0 Å². The molecular weight excluding hydrogens is 584 g/mol. The van der Waals surface area contributed by atoms with E-state index < -0.39 is 77.6 Å². The van der Waals surface area contributed by atoms with Gasteiger partial charge in [0.05, 0.1) is 12.2 Å². The summed E-state index contributed by atoms with van der Waals surface area (Å²) in [5, 5.41) is 33.0. The highest BCUT2D eigenvalue weighted by Gasteiger charge is 2.75. The van der Waals surface area contributed by atoms with Crippen molar-refractivity contribution in [2.24, 2.45) is 22.7 Å². The Hall–Kier alpha value is -3.09. The molecule has 250 valence electrons. The monoisotopic (exact) mass is 632 g/mol. The van der Waals surface area contributed by atoms with Crippen LogP contribution in [-0.4, -0.2) is 70.4 Å².